The Morgan fingerprint density at radius 3 is 2.45 bits per heavy atom. The van der Waals surface area contributed by atoms with Gasteiger partial charge in [0.1, 0.15) is 12.2 Å². The topological polar surface area (TPSA) is 40.5 Å². The molecule has 0 unspecified atom stereocenters. The van der Waals surface area contributed by atoms with Crippen LogP contribution in [-0.4, -0.2) is 16.3 Å². The third kappa shape index (κ3) is 1.36. The molecule has 106 valence electrons. The minimum atomic E-state index is -0.859. The Hall–Kier alpha value is -2.42. The molecular formula is C20H14O2. The van der Waals surface area contributed by atoms with Gasteiger partial charge in [0.05, 0.1) is 0 Å². The van der Waals surface area contributed by atoms with Gasteiger partial charge in [-0.15, -0.1) is 0 Å². The first-order valence-corrected chi connectivity index (χ1v) is 7.49. The quantitative estimate of drug-likeness (QED) is 0.518. The van der Waals surface area contributed by atoms with E-state index in [1.54, 1.807) is 6.08 Å². The maximum Gasteiger partial charge on any atom is 0.109 e. The van der Waals surface area contributed by atoms with Crippen LogP contribution in [0.15, 0.2) is 60.7 Å². The molecule has 0 bridgehead atoms. The maximum absolute atomic E-state index is 10.3. The molecule has 22 heavy (non-hydrogen) atoms. The summed E-state index contributed by atoms with van der Waals surface area (Å²) in [5, 5.41) is 22.9. The highest BCUT2D eigenvalue weighted by atomic mass is 16.3. The SMILES string of the molecule is O[C@H]1C=C2c3c(cccc3[C@@H]1O)-c1ccc3ccccc3c12. The summed E-state index contributed by atoms with van der Waals surface area (Å²) < 4.78 is 0. The van der Waals surface area contributed by atoms with E-state index in [4.69, 9.17) is 0 Å². The molecule has 0 radical (unpaired) electrons. The molecule has 5 rings (SSSR count). The second-order valence-electron chi connectivity index (χ2n) is 5.99. The Balaban J connectivity index is 1.97. The molecule has 0 saturated heterocycles. The van der Waals surface area contributed by atoms with Gasteiger partial charge in [0.25, 0.3) is 0 Å². The lowest BCUT2D eigenvalue weighted by Gasteiger charge is -2.24. The number of hydrogen-bond acceptors (Lipinski definition) is 2. The van der Waals surface area contributed by atoms with Crippen LogP contribution in [0.4, 0.5) is 0 Å². The second kappa shape index (κ2) is 4.07. The number of benzene rings is 3. The maximum atomic E-state index is 10.3. The van der Waals surface area contributed by atoms with Gasteiger partial charge in [-0.3, -0.25) is 0 Å². The van der Waals surface area contributed by atoms with E-state index in [1.165, 1.54) is 21.9 Å². The first kappa shape index (κ1) is 12.2. The zero-order valence-electron chi connectivity index (χ0n) is 11.8. The van der Waals surface area contributed by atoms with Crippen molar-refractivity contribution < 1.29 is 10.2 Å². The predicted molar refractivity (Wildman–Crippen MR) is 87.4 cm³/mol. The van der Waals surface area contributed by atoms with Crippen molar-refractivity contribution in [2.45, 2.75) is 12.2 Å². The summed E-state index contributed by atoms with van der Waals surface area (Å²) in [6, 6.07) is 18.6. The lowest BCUT2D eigenvalue weighted by atomic mass is 9.86. The van der Waals surface area contributed by atoms with Crippen LogP contribution in [0.3, 0.4) is 0 Å². The summed E-state index contributed by atoms with van der Waals surface area (Å²) in [4.78, 5) is 0. The van der Waals surface area contributed by atoms with Crippen molar-refractivity contribution in [1.29, 1.82) is 0 Å². The summed E-state index contributed by atoms with van der Waals surface area (Å²) >= 11 is 0. The van der Waals surface area contributed by atoms with Crippen molar-refractivity contribution in [2.75, 3.05) is 0 Å². The van der Waals surface area contributed by atoms with E-state index in [0.717, 1.165) is 22.3 Å². The monoisotopic (exact) mass is 286 g/mol. The molecule has 2 aliphatic rings. The Kier molecular flexibility index (Phi) is 2.25. The molecule has 0 heterocycles. The van der Waals surface area contributed by atoms with Crippen molar-refractivity contribution in [3.63, 3.8) is 0 Å². The van der Waals surface area contributed by atoms with Crippen LogP contribution in [0.5, 0.6) is 0 Å². The average Bonchev–Trinajstić information content (AvgIpc) is 2.88. The third-order valence-corrected chi connectivity index (χ3v) is 4.83. The molecule has 3 aromatic carbocycles. The fourth-order valence-electron chi connectivity index (χ4n) is 3.87. The van der Waals surface area contributed by atoms with Crippen LogP contribution < -0.4 is 0 Å². The smallest absolute Gasteiger partial charge is 0.109 e. The van der Waals surface area contributed by atoms with Gasteiger partial charge in [0.15, 0.2) is 0 Å². The lowest BCUT2D eigenvalue weighted by Crippen LogP contribution is -2.21. The number of rotatable bonds is 0. The highest BCUT2D eigenvalue weighted by Gasteiger charge is 2.35. The van der Waals surface area contributed by atoms with Gasteiger partial charge in [0.2, 0.25) is 0 Å². The second-order valence-corrected chi connectivity index (χ2v) is 5.99. The van der Waals surface area contributed by atoms with Crippen LogP contribution >= 0.6 is 0 Å². The standard InChI is InChI=1S/C20H14O2/c21-17-10-16-18-12-5-2-1-4-11(12)8-9-14(18)13-6-3-7-15(19(13)16)20(17)22/h1-10,17,20-22H/t17-,20-/m0/s1. The normalized spacial score (nSPS) is 21.5. The molecule has 0 saturated carbocycles. The highest BCUT2D eigenvalue weighted by Crippen LogP contribution is 2.52. The van der Waals surface area contributed by atoms with E-state index in [9.17, 15) is 10.2 Å². The summed E-state index contributed by atoms with van der Waals surface area (Å²) in [7, 11) is 0. The Morgan fingerprint density at radius 2 is 1.55 bits per heavy atom. The summed E-state index contributed by atoms with van der Waals surface area (Å²) in [5.74, 6) is 0. The molecule has 2 nitrogen and oxygen atoms in total. The summed E-state index contributed by atoms with van der Waals surface area (Å²) in [6.45, 7) is 0. The lowest BCUT2D eigenvalue weighted by molar-refractivity contribution is 0.0467. The molecule has 0 aliphatic heterocycles. The van der Waals surface area contributed by atoms with Crippen LogP contribution in [0.1, 0.15) is 22.8 Å². The van der Waals surface area contributed by atoms with Gasteiger partial charge in [0, 0.05) is 0 Å². The Bertz CT molecular complexity index is 969. The van der Waals surface area contributed by atoms with Crippen molar-refractivity contribution >= 4 is 16.3 Å². The fourth-order valence-corrected chi connectivity index (χ4v) is 3.87. The van der Waals surface area contributed by atoms with E-state index < -0.39 is 12.2 Å². The van der Waals surface area contributed by atoms with Gasteiger partial charge in [-0.1, -0.05) is 54.6 Å². The molecule has 0 fully saturated rings. The third-order valence-electron chi connectivity index (χ3n) is 4.83. The fraction of sp³-hybridized carbons (Fsp3) is 0.100. The zero-order chi connectivity index (χ0) is 14.8. The summed E-state index contributed by atoms with van der Waals surface area (Å²) in [5.41, 5.74) is 6.45. The number of hydrogen-bond donors (Lipinski definition) is 2. The van der Waals surface area contributed by atoms with E-state index >= 15 is 0 Å². The van der Waals surface area contributed by atoms with E-state index in [2.05, 4.69) is 30.3 Å². The van der Waals surface area contributed by atoms with Crippen molar-refractivity contribution in [3.8, 4) is 11.1 Å². The molecule has 0 aromatic heterocycles. The molecular weight excluding hydrogens is 272 g/mol. The molecule has 3 aromatic rings. The van der Waals surface area contributed by atoms with Crippen LogP contribution in [-0.2, 0) is 0 Å². The van der Waals surface area contributed by atoms with Crippen LogP contribution in [0.25, 0.3) is 27.5 Å². The summed E-state index contributed by atoms with van der Waals surface area (Å²) in [6.07, 6.45) is 0.0938. The average molecular weight is 286 g/mol. The molecule has 2 aliphatic carbocycles. The number of fused-ring (bicyclic) bond motifs is 5. The van der Waals surface area contributed by atoms with Crippen molar-refractivity contribution in [2.24, 2.45) is 0 Å². The Morgan fingerprint density at radius 1 is 0.727 bits per heavy atom. The first-order chi connectivity index (χ1) is 10.8. The molecule has 2 heteroatoms. The van der Waals surface area contributed by atoms with E-state index in [1.807, 2.05) is 24.3 Å². The van der Waals surface area contributed by atoms with Gasteiger partial charge in [-0.25, -0.2) is 0 Å². The first-order valence-electron chi connectivity index (χ1n) is 7.49. The number of aliphatic hydroxyl groups is 2. The van der Waals surface area contributed by atoms with E-state index in [0.29, 0.717) is 0 Å². The van der Waals surface area contributed by atoms with Crippen LogP contribution in [0.2, 0.25) is 0 Å². The van der Waals surface area contributed by atoms with E-state index in [-0.39, 0.29) is 0 Å². The van der Waals surface area contributed by atoms with Gasteiger partial charge in [-0.05, 0) is 50.2 Å². The predicted octanol–water partition coefficient (Wildman–Crippen LogP) is 3.66. The minimum Gasteiger partial charge on any atom is -0.386 e. The molecule has 0 spiro atoms. The molecule has 2 atom stereocenters. The largest absolute Gasteiger partial charge is 0.386 e. The highest BCUT2D eigenvalue weighted by molar-refractivity contribution is 6.12. The minimum absolute atomic E-state index is 0.822. The molecule has 2 N–H and O–H groups in total. The van der Waals surface area contributed by atoms with Gasteiger partial charge in [-0.2, -0.15) is 0 Å². The van der Waals surface area contributed by atoms with Gasteiger partial charge >= 0.3 is 0 Å². The number of aliphatic hydroxyl groups excluding tert-OH is 2. The molecule has 0 amide bonds. The van der Waals surface area contributed by atoms with Crippen LogP contribution in [0, 0.1) is 0 Å². The van der Waals surface area contributed by atoms with Crippen molar-refractivity contribution in [3.05, 3.63) is 77.4 Å². The van der Waals surface area contributed by atoms with Gasteiger partial charge < -0.3 is 10.2 Å². The zero-order valence-corrected chi connectivity index (χ0v) is 11.8. The van der Waals surface area contributed by atoms with Crippen molar-refractivity contribution in [1.82, 2.24) is 0 Å². The Labute approximate surface area is 128 Å².